The molecule has 0 unspecified atom stereocenters. The van der Waals surface area contributed by atoms with Gasteiger partial charge in [0.15, 0.2) is 11.6 Å². The Labute approximate surface area is 211 Å². The van der Waals surface area contributed by atoms with Crippen molar-refractivity contribution in [2.75, 3.05) is 16.8 Å². The summed E-state index contributed by atoms with van der Waals surface area (Å²) in [6.07, 6.45) is 4.38. The third kappa shape index (κ3) is 4.05. The van der Waals surface area contributed by atoms with Crippen LogP contribution in [-0.4, -0.2) is 33.5 Å². The zero-order valence-electron chi connectivity index (χ0n) is 20.2. The molecule has 2 N–H and O–H groups in total. The van der Waals surface area contributed by atoms with Gasteiger partial charge in [-0.05, 0) is 65.7 Å². The molecule has 0 spiro atoms. The van der Waals surface area contributed by atoms with Gasteiger partial charge in [0, 0.05) is 4.88 Å². The summed E-state index contributed by atoms with van der Waals surface area (Å²) in [5.41, 5.74) is 2.66. The number of carbonyl (C=O) groups excluding carboxylic acids is 1. The molecule has 1 saturated carbocycles. The molecule has 5 heterocycles. The van der Waals surface area contributed by atoms with Crippen molar-refractivity contribution in [1.29, 1.82) is 0 Å². The number of halogens is 1. The molecule has 0 aromatic carbocycles. The van der Waals surface area contributed by atoms with Crippen molar-refractivity contribution in [3.05, 3.63) is 67.4 Å². The van der Waals surface area contributed by atoms with Crippen LogP contribution in [0.3, 0.4) is 0 Å². The number of thiophene rings is 1. The number of hydrogen-bond acceptors (Lipinski definition) is 7. The van der Waals surface area contributed by atoms with Crippen LogP contribution in [0.5, 0.6) is 0 Å². The molecule has 3 aromatic heterocycles. The summed E-state index contributed by atoms with van der Waals surface area (Å²) < 4.78 is 14.9. The van der Waals surface area contributed by atoms with Crippen LogP contribution in [-0.2, 0) is 12.0 Å². The Bertz CT molecular complexity index is 1530. The molecule has 10 heteroatoms. The van der Waals surface area contributed by atoms with Gasteiger partial charge < -0.3 is 5.32 Å². The zero-order chi connectivity index (χ0) is 25.2. The number of amides is 1. The van der Waals surface area contributed by atoms with E-state index in [4.69, 9.17) is 0 Å². The molecule has 1 amide bonds. The molecular formula is C26H25FN6O2S. The third-order valence-electron chi connectivity index (χ3n) is 6.58. The maximum atomic E-state index is 14.9. The van der Waals surface area contributed by atoms with Gasteiger partial charge in [0.1, 0.15) is 17.2 Å². The highest BCUT2D eigenvalue weighted by Gasteiger charge is 2.35. The lowest BCUT2D eigenvalue weighted by molar-refractivity contribution is 0.0998. The Morgan fingerprint density at radius 2 is 1.97 bits per heavy atom. The maximum absolute atomic E-state index is 14.9. The van der Waals surface area contributed by atoms with Crippen LogP contribution >= 0.6 is 11.3 Å². The largest absolute Gasteiger partial charge is 0.336 e. The number of H-pyrrole nitrogens is 1. The summed E-state index contributed by atoms with van der Waals surface area (Å²) in [6, 6.07) is 6.33. The fourth-order valence-electron chi connectivity index (χ4n) is 4.38. The lowest BCUT2D eigenvalue weighted by atomic mass is 9.94. The fourth-order valence-corrected chi connectivity index (χ4v) is 5.56. The van der Waals surface area contributed by atoms with E-state index in [9.17, 15) is 14.0 Å². The highest BCUT2D eigenvalue weighted by atomic mass is 32.1. The monoisotopic (exact) mass is 504 g/mol. The lowest BCUT2D eigenvalue weighted by Crippen LogP contribution is -2.25. The second kappa shape index (κ2) is 8.19. The molecular weight excluding hydrogens is 479 g/mol. The standard InChI is InChI=1S/C26H25FN6O2S/c1-26(2,3)20-8-15-12-33(25(35)22(15)36-20)23-16(27)6-7-17(30-23)18-10-19(24(34)32-31-18)29-21-9-14(11-28-21)13-4-5-13/h6-10,13H,4-5,11-12H2,1-3H3,(H,32,34)(H,28,29,31). The predicted octanol–water partition coefficient (Wildman–Crippen LogP) is 4.65. The van der Waals surface area contributed by atoms with Crippen molar-refractivity contribution in [3.8, 4) is 11.4 Å². The van der Waals surface area contributed by atoms with Crippen LogP contribution in [0.15, 0.2) is 45.7 Å². The Kier molecular flexibility index (Phi) is 5.18. The highest BCUT2D eigenvalue weighted by molar-refractivity contribution is 7.14. The Morgan fingerprint density at radius 3 is 2.69 bits per heavy atom. The average molecular weight is 505 g/mol. The maximum Gasteiger partial charge on any atom is 0.287 e. The minimum Gasteiger partial charge on any atom is -0.336 e. The van der Waals surface area contributed by atoms with Crippen molar-refractivity contribution in [2.45, 2.75) is 45.6 Å². The van der Waals surface area contributed by atoms with E-state index >= 15 is 0 Å². The lowest BCUT2D eigenvalue weighted by Gasteiger charge is -2.18. The van der Waals surface area contributed by atoms with Gasteiger partial charge in [-0.15, -0.1) is 11.3 Å². The molecule has 36 heavy (non-hydrogen) atoms. The molecule has 8 nitrogen and oxygen atoms in total. The highest BCUT2D eigenvalue weighted by Crippen LogP contribution is 2.39. The fraction of sp³-hybridized carbons (Fsp3) is 0.346. The van der Waals surface area contributed by atoms with Gasteiger partial charge in [0.05, 0.1) is 23.7 Å². The third-order valence-corrected chi connectivity index (χ3v) is 8.17. The van der Waals surface area contributed by atoms with Gasteiger partial charge in [0.25, 0.3) is 11.5 Å². The topological polar surface area (TPSA) is 103 Å². The van der Waals surface area contributed by atoms with Gasteiger partial charge in [0.2, 0.25) is 0 Å². The minimum atomic E-state index is -0.598. The van der Waals surface area contributed by atoms with Crippen LogP contribution in [0, 0.1) is 11.7 Å². The van der Waals surface area contributed by atoms with Crippen LogP contribution in [0.1, 0.15) is 53.7 Å². The number of aliphatic imine (C=N–C) groups is 1. The van der Waals surface area contributed by atoms with Crippen LogP contribution in [0.4, 0.5) is 15.9 Å². The van der Waals surface area contributed by atoms with Gasteiger partial charge in [-0.2, -0.15) is 5.10 Å². The van der Waals surface area contributed by atoms with Gasteiger partial charge in [-0.3, -0.25) is 19.5 Å². The molecule has 3 aliphatic rings. The SMILES string of the molecule is CC(C)(C)c1cc2c(s1)C(=O)N(c1nc(-c3cc(NC4=NCC(C5CC5)=C4)c(=O)[nH]n3)ccc1F)C2. The van der Waals surface area contributed by atoms with Crippen molar-refractivity contribution in [2.24, 2.45) is 10.9 Å². The first-order chi connectivity index (χ1) is 17.2. The van der Waals surface area contributed by atoms with E-state index in [0.717, 1.165) is 10.4 Å². The first-order valence-electron chi connectivity index (χ1n) is 11.9. The summed E-state index contributed by atoms with van der Waals surface area (Å²) in [4.78, 5) is 37.5. The predicted molar refractivity (Wildman–Crippen MR) is 138 cm³/mol. The number of aromatic nitrogens is 3. The molecule has 184 valence electrons. The second-order valence-corrected chi connectivity index (χ2v) is 11.5. The number of carbonyl (C=O) groups is 1. The summed E-state index contributed by atoms with van der Waals surface area (Å²) in [5.74, 6) is 0.329. The molecule has 0 radical (unpaired) electrons. The van der Waals surface area contributed by atoms with Crippen molar-refractivity contribution < 1.29 is 9.18 Å². The van der Waals surface area contributed by atoms with Crippen molar-refractivity contribution >= 4 is 34.6 Å². The molecule has 1 aliphatic carbocycles. The Morgan fingerprint density at radius 1 is 1.17 bits per heavy atom. The Hall–Kier alpha value is -3.66. The van der Waals surface area contributed by atoms with E-state index in [1.165, 1.54) is 46.8 Å². The Balaban J connectivity index is 1.28. The first-order valence-corrected chi connectivity index (χ1v) is 12.7. The number of amidine groups is 1. The van der Waals surface area contributed by atoms with E-state index in [2.05, 4.69) is 46.3 Å². The number of fused-ring (bicyclic) bond motifs is 1. The molecule has 6 rings (SSSR count). The number of nitrogens with one attached hydrogen (secondary N) is 2. The summed E-state index contributed by atoms with van der Waals surface area (Å²) in [5, 5.41) is 9.65. The number of pyridine rings is 1. The number of nitrogens with zero attached hydrogens (tertiary/aromatic N) is 4. The van der Waals surface area contributed by atoms with Crippen LogP contribution in [0.25, 0.3) is 11.4 Å². The first kappa shape index (κ1) is 22.8. The normalized spacial score (nSPS) is 17.3. The summed E-state index contributed by atoms with van der Waals surface area (Å²) in [6.45, 7) is 7.21. The second-order valence-electron chi connectivity index (χ2n) is 10.4. The summed E-state index contributed by atoms with van der Waals surface area (Å²) >= 11 is 1.45. The quantitative estimate of drug-likeness (QED) is 0.538. The average Bonchev–Trinajstić information content (AvgIpc) is 3.28. The van der Waals surface area contributed by atoms with Gasteiger partial charge in [-0.1, -0.05) is 20.8 Å². The van der Waals surface area contributed by atoms with E-state index in [1.54, 1.807) is 6.07 Å². The van der Waals surface area contributed by atoms with Crippen LogP contribution in [0.2, 0.25) is 0 Å². The van der Waals surface area contributed by atoms with Crippen LogP contribution < -0.4 is 15.8 Å². The van der Waals surface area contributed by atoms with E-state index in [1.807, 2.05) is 12.1 Å². The molecule has 0 bridgehead atoms. The van der Waals surface area contributed by atoms with Crippen molar-refractivity contribution in [1.82, 2.24) is 15.2 Å². The molecule has 2 aliphatic heterocycles. The van der Waals surface area contributed by atoms with E-state index in [-0.39, 0.29) is 29.4 Å². The number of aromatic amines is 1. The van der Waals surface area contributed by atoms with Gasteiger partial charge in [-0.25, -0.2) is 14.5 Å². The molecule has 1 fully saturated rings. The van der Waals surface area contributed by atoms with Crippen molar-refractivity contribution in [3.63, 3.8) is 0 Å². The molecule has 0 saturated heterocycles. The minimum absolute atomic E-state index is 0.0575. The van der Waals surface area contributed by atoms with Gasteiger partial charge >= 0.3 is 0 Å². The van der Waals surface area contributed by atoms with E-state index < -0.39 is 11.4 Å². The smallest absolute Gasteiger partial charge is 0.287 e. The zero-order valence-corrected chi connectivity index (χ0v) is 21.0. The van der Waals surface area contributed by atoms with E-state index in [0.29, 0.717) is 34.6 Å². The molecule has 3 aromatic rings. The number of hydrogen-bond donors (Lipinski definition) is 2. The molecule has 0 atom stereocenters. The summed E-state index contributed by atoms with van der Waals surface area (Å²) in [7, 11) is 0. The number of anilines is 2. The number of rotatable bonds is 4.